The van der Waals surface area contributed by atoms with Gasteiger partial charge in [0.2, 0.25) is 0 Å². The van der Waals surface area contributed by atoms with Crippen LogP contribution >= 0.6 is 0 Å². The molecule has 0 unspecified atom stereocenters. The summed E-state index contributed by atoms with van der Waals surface area (Å²) in [4.78, 5) is 0. The summed E-state index contributed by atoms with van der Waals surface area (Å²) in [6.07, 6.45) is 6.63. The van der Waals surface area contributed by atoms with Crippen LogP contribution in [0.3, 0.4) is 0 Å². The van der Waals surface area contributed by atoms with Gasteiger partial charge in [-0.05, 0) is 47.3 Å². The Balaban J connectivity index is 0.000000247. The van der Waals surface area contributed by atoms with Gasteiger partial charge in [0.25, 0.3) is 0 Å². The maximum Gasteiger partial charge on any atom is 4.00 e. The number of benzene rings is 4. The molecule has 0 radical (unpaired) electrons. The first-order chi connectivity index (χ1) is 21.5. The first kappa shape index (κ1) is 40.2. The molecule has 1 aliphatic carbocycles. The van der Waals surface area contributed by atoms with Crippen molar-refractivity contribution < 1.29 is 51.0 Å². The van der Waals surface area contributed by atoms with Crippen LogP contribution in [0.15, 0.2) is 109 Å². The Hall–Kier alpha value is -2.22. The fourth-order valence-corrected chi connectivity index (χ4v) is 8.22. The summed E-state index contributed by atoms with van der Waals surface area (Å²) >= 11 is 0. The molecule has 0 N–H and O–H groups in total. The molecule has 0 nitrogen and oxygen atoms in total. The van der Waals surface area contributed by atoms with Crippen LogP contribution in [-0.4, -0.2) is 8.07 Å². The first-order valence-corrected chi connectivity index (χ1v) is 20.6. The molecule has 0 bridgehead atoms. The fourth-order valence-electron chi connectivity index (χ4n) is 7.06. The largest absolute Gasteiger partial charge is 4.00 e. The topological polar surface area (TPSA) is 0 Å². The van der Waals surface area contributed by atoms with E-state index in [0.717, 1.165) is 12.3 Å². The van der Waals surface area contributed by atoms with Gasteiger partial charge in [-0.2, -0.15) is 12.1 Å². The number of hydrogen-bond acceptors (Lipinski definition) is 0. The second-order valence-electron chi connectivity index (χ2n) is 15.3. The molecule has 0 aromatic heterocycles. The molecule has 6 aromatic rings. The van der Waals surface area contributed by atoms with Gasteiger partial charge in [-0.15, -0.1) is 69.1 Å². The summed E-state index contributed by atoms with van der Waals surface area (Å²) in [5, 5.41) is 7.08. The summed E-state index contributed by atoms with van der Waals surface area (Å²) in [5.41, 5.74) is 9.98. The Kier molecular flexibility index (Phi) is 14.0. The van der Waals surface area contributed by atoms with E-state index in [1.165, 1.54) is 85.8 Å². The van der Waals surface area contributed by atoms with Gasteiger partial charge >= 0.3 is 26.2 Å². The van der Waals surface area contributed by atoms with Crippen LogP contribution in [0.4, 0.5) is 0 Å². The van der Waals surface area contributed by atoms with Crippen molar-refractivity contribution in [3.05, 3.63) is 126 Å². The Bertz CT molecular complexity index is 1890. The van der Waals surface area contributed by atoms with E-state index < -0.39 is 8.07 Å². The summed E-state index contributed by atoms with van der Waals surface area (Å²) in [7, 11) is -1.21. The van der Waals surface area contributed by atoms with Crippen molar-refractivity contribution in [1.29, 1.82) is 0 Å². The Labute approximate surface area is 322 Å². The van der Waals surface area contributed by atoms with Crippen molar-refractivity contribution in [1.82, 2.24) is 0 Å². The van der Waals surface area contributed by atoms with Crippen LogP contribution in [0.2, 0.25) is 19.6 Å². The van der Waals surface area contributed by atoms with Crippen LogP contribution < -0.4 is 30.0 Å². The molecule has 0 heterocycles. The number of aryl methyl sites for hydroxylation is 1. The van der Waals surface area contributed by atoms with Crippen molar-refractivity contribution in [2.75, 3.05) is 0 Å². The van der Waals surface area contributed by atoms with E-state index in [9.17, 15) is 0 Å². The van der Waals surface area contributed by atoms with E-state index in [4.69, 9.17) is 0 Å². The van der Waals surface area contributed by atoms with Gasteiger partial charge in [0.05, 0.1) is 8.07 Å². The molecular formula is C44H50Cl2SiZr. The van der Waals surface area contributed by atoms with E-state index in [0.29, 0.717) is 0 Å². The standard InChI is InChI=1S/C24H27.C20H23Si.2ClH.Zr/c1-24(2,3)21-13-11-18(12-14-21)22-10-6-9-19-15-20(16-23(19)22)17-7-4-5-8-17;1-5-15-13-17-7-6-8-19(20(17)14-15)16-9-11-18(12-10-16)21(2,3)4;;;/h6,9-17H,4-5,7-8H2,1-3H3;6-14H,5H2,1-4H3;2*1H;/q2*-1;;;+4/p-2. The average molecular weight is 769 g/mol. The van der Waals surface area contributed by atoms with Crippen molar-refractivity contribution in [3.63, 3.8) is 0 Å². The van der Waals surface area contributed by atoms with Gasteiger partial charge < -0.3 is 24.8 Å². The van der Waals surface area contributed by atoms with Gasteiger partial charge in [-0.1, -0.05) is 137 Å². The molecule has 0 aliphatic heterocycles. The maximum atomic E-state index is 2.46. The normalized spacial score (nSPS) is 13.3. The molecule has 0 saturated heterocycles. The molecule has 1 saturated carbocycles. The van der Waals surface area contributed by atoms with Gasteiger partial charge in [0, 0.05) is 0 Å². The van der Waals surface area contributed by atoms with Crippen molar-refractivity contribution in [2.24, 2.45) is 0 Å². The molecule has 1 aliphatic rings. The van der Waals surface area contributed by atoms with Crippen LogP contribution in [0.1, 0.15) is 76.0 Å². The first-order valence-electron chi connectivity index (χ1n) is 17.1. The minimum atomic E-state index is -1.21. The summed E-state index contributed by atoms with van der Waals surface area (Å²) in [6, 6.07) is 41.3. The van der Waals surface area contributed by atoms with Gasteiger partial charge in [0.1, 0.15) is 0 Å². The number of hydrogen-bond donors (Lipinski definition) is 0. The van der Waals surface area contributed by atoms with E-state index in [2.05, 4.69) is 157 Å². The van der Waals surface area contributed by atoms with Crippen molar-refractivity contribution in [2.45, 2.75) is 90.8 Å². The zero-order valence-corrected chi connectivity index (χ0v) is 34.7. The van der Waals surface area contributed by atoms with Crippen LogP contribution in [0.5, 0.6) is 0 Å². The Morgan fingerprint density at radius 3 is 1.67 bits per heavy atom. The molecule has 248 valence electrons. The molecule has 0 atom stereocenters. The molecule has 6 aromatic carbocycles. The zero-order valence-electron chi connectivity index (χ0n) is 29.8. The van der Waals surface area contributed by atoms with Crippen molar-refractivity contribution in [3.8, 4) is 22.3 Å². The molecule has 7 rings (SSSR count). The minimum Gasteiger partial charge on any atom is -1.00 e. The molecule has 4 heteroatoms. The predicted octanol–water partition coefficient (Wildman–Crippen LogP) is 6.52. The molecule has 0 spiro atoms. The molecule has 48 heavy (non-hydrogen) atoms. The quantitative estimate of drug-likeness (QED) is 0.139. The summed E-state index contributed by atoms with van der Waals surface area (Å²) < 4.78 is 0. The second-order valence-corrected chi connectivity index (χ2v) is 20.3. The van der Waals surface area contributed by atoms with Crippen molar-refractivity contribution >= 4 is 34.8 Å². The predicted molar refractivity (Wildman–Crippen MR) is 202 cm³/mol. The van der Waals surface area contributed by atoms with E-state index in [-0.39, 0.29) is 56.4 Å². The number of fused-ring (bicyclic) bond motifs is 2. The summed E-state index contributed by atoms with van der Waals surface area (Å²) in [6.45, 7) is 16.2. The van der Waals surface area contributed by atoms with Gasteiger partial charge in [-0.3, -0.25) is 0 Å². The van der Waals surface area contributed by atoms with Crippen LogP contribution in [0, 0.1) is 0 Å². The smallest absolute Gasteiger partial charge is 1.00 e. The van der Waals surface area contributed by atoms with E-state index in [1.54, 1.807) is 5.56 Å². The zero-order chi connectivity index (χ0) is 31.8. The average Bonchev–Trinajstić information content (AvgIpc) is 3.80. The third-order valence-corrected chi connectivity index (χ3v) is 12.0. The maximum absolute atomic E-state index is 2.46. The Morgan fingerprint density at radius 1 is 0.667 bits per heavy atom. The third-order valence-electron chi connectivity index (χ3n) is 9.94. The van der Waals surface area contributed by atoms with E-state index in [1.807, 2.05) is 0 Å². The monoisotopic (exact) mass is 766 g/mol. The number of halogens is 2. The third kappa shape index (κ3) is 8.92. The van der Waals surface area contributed by atoms with Crippen LogP contribution in [0.25, 0.3) is 43.8 Å². The van der Waals surface area contributed by atoms with Gasteiger partial charge in [0.15, 0.2) is 0 Å². The van der Waals surface area contributed by atoms with Gasteiger partial charge in [-0.25, -0.2) is 0 Å². The summed E-state index contributed by atoms with van der Waals surface area (Å²) in [5.74, 6) is 0.786. The Morgan fingerprint density at radius 2 is 1.17 bits per heavy atom. The minimum absolute atomic E-state index is 0. The molecule has 1 fully saturated rings. The van der Waals surface area contributed by atoms with E-state index >= 15 is 0 Å². The molecular weight excluding hydrogens is 719 g/mol. The fraction of sp³-hybridized carbons (Fsp3) is 0.318. The number of rotatable bonds is 5. The molecule has 0 amide bonds. The SMILES string of the molecule is CC(C)(C)c1ccc(-c2cccc3[cH-]c(C4CCCC4)cc23)cc1.CCc1cc2c(-c3ccc([Si](C)(C)C)cc3)cccc2[cH-]1.[Cl-].[Cl-].[Zr+4]. The van der Waals surface area contributed by atoms with Crippen LogP contribution in [-0.2, 0) is 38.0 Å². The second kappa shape index (κ2) is 16.7.